The molecule has 0 N–H and O–H groups in total. The highest BCUT2D eigenvalue weighted by Gasteiger charge is 2.47. The number of aryl methyl sites for hydroxylation is 1. The van der Waals surface area contributed by atoms with Crippen molar-refractivity contribution in [3.05, 3.63) is 34.2 Å². The van der Waals surface area contributed by atoms with Crippen LogP contribution in [0.15, 0.2) is 28.0 Å². The summed E-state index contributed by atoms with van der Waals surface area (Å²) >= 11 is 0. The van der Waals surface area contributed by atoms with E-state index in [-0.39, 0.29) is 9.80 Å². The first-order valence-electron chi connectivity index (χ1n) is 4.94. The third-order valence-electron chi connectivity index (χ3n) is 3.08. The second kappa shape index (κ2) is 3.06. The lowest BCUT2D eigenvalue weighted by Gasteiger charge is -2.18. The molecule has 16 heavy (non-hydrogen) atoms. The molecule has 1 aromatic carbocycles. The van der Waals surface area contributed by atoms with Crippen LogP contribution < -0.4 is 0 Å². The molecule has 0 radical (unpaired) electrons. The molecule has 0 spiro atoms. The van der Waals surface area contributed by atoms with Crippen LogP contribution in [0, 0.1) is 6.92 Å². The maximum atomic E-state index is 12.1. The lowest BCUT2D eigenvalue weighted by Crippen LogP contribution is -2.18. The van der Waals surface area contributed by atoms with Crippen LogP contribution in [0.4, 0.5) is 0 Å². The largest absolute Gasteiger partial charge is 0.232 e. The maximum absolute atomic E-state index is 12.1. The molecule has 3 nitrogen and oxygen atoms in total. The van der Waals surface area contributed by atoms with Gasteiger partial charge in [-0.1, -0.05) is 26.0 Å². The van der Waals surface area contributed by atoms with Crippen molar-refractivity contribution in [2.45, 2.75) is 31.1 Å². The van der Waals surface area contributed by atoms with E-state index in [1.165, 1.54) is 0 Å². The van der Waals surface area contributed by atoms with E-state index in [9.17, 15) is 13.2 Å². The van der Waals surface area contributed by atoms with Gasteiger partial charge in [0.05, 0.1) is 4.90 Å². The van der Waals surface area contributed by atoms with E-state index in [4.69, 9.17) is 0 Å². The van der Waals surface area contributed by atoms with E-state index in [2.05, 4.69) is 0 Å². The number of fused-ring (bicyclic) bond motifs is 1. The number of hydrogen-bond acceptors (Lipinski definition) is 3. The summed E-state index contributed by atoms with van der Waals surface area (Å²) in [6.45, 7) is 5.33. The topological polar surface area (TPSA) is 51.2 Å². The zero-order valence-corrected chi connectivity index (χ0v) is 10.2. The summed E-state index contributed by atoms with van der Waals surface area (Å²) in [6.07, 6.45) is 0. The second-order valence-corrected chi connectivity index (χ2v) is 6.36. The van der Waals surface area contributed by atoms with Gasteiger partial charge in [-0.3, -0.25) is 0 Å². The summed E-state index contributed by atoms with van der Waals surface area (Å²) < 4.78 is 24.2. The lowest BCUT2D eigenvalue weighted by atomic mass is 9.82. The molecule has 0 unspecified atom stereocenters. The normalized spacial score (nSPS) is 20.3. The third-order valence-corrected chi connectivity index (χ3v) is 5.13. The fourth-order valence-electron chi connectivity index (χ4n) is 2.41. The Labute approximate surface area is 94.7 Å². The number of rotatable bonds is 0. The minimum atomic E-state index is -3.63. The van der Waals surface area contributed by atoms with Crippen molar-refractivity contribution in [3.8, 4) is 0 Å². The van der Waals surface area contributed by atoms with Crippen molar-refractivity contribution in [2.75, 3.05) is 0 Å². The zero-order chi connectivity index (χ0) is 12.1. The van der Waals surface area contributed by atoms with Crippen molar-refractivity contribution in [3.63, 3.8) is 0 Å². The maximum Gasteiger partial charge on any atom is 0.214 e. The highest BCUT2D eigenvalue weighted by atomic mass is 32.2. The molecular formula is C12H12O3S. The van der Waals surface area contributed by atoms with Crippen LogP contribution in [-0.4, -0.2) is 14.4 Å². The van der Waals surface area contributed by atoms with Gasteiger partial charge in [0.15, 0.2) is 0 Å². The van der Waals surface area contributed by atoms with Crippen LogP contribution in [0.5, 0.6) is 0 Å². The number of allylic oxidation sites excluding steroid dienone is 1. The van der Waals surface area contributed by atoms with Crippen molar-refractivity contribution in [1.29, 1.82) is 0 Å². The minimum absolute atomic E-state index is 0.163. The second-order valence-electron chi connectivity index (χ2n) is 4.51. The molecule has 1 aromatic rings. The molecule has 1 aliphatic heterocycles. The summed E-state index contributed by atoms with van der Waals surface area (Å²) in [5.74, 6) is 1.60. The predicted octanol–water partition coefficient (Wildman–Crippen LogP) is 1.78. The summed E-state index contributed by atoms with van der Waals surface area (Å²) in [7, 11) is -3.63. The van der Waals surface area contributed by atoms with E-state index in [0.29, 0.717) is 5.56 Å². The molecule has 0 fully saturated rings. The first-order valence-corrected chi connectivity index (χ1v) is 6.42. The summed E-state index contributed by atoms with van der Waals surface area (Å²) in [5.41, 5.74) is 0.825. The summed E-state index contributed by atoms with van der Waals surface area (Å²) in [6, 6.07) is 5.09. The smallest absolute Gasteiger partial charge is 0.214 e. The number of sulfone groups is 1. The van der Waals surface area contributed by atoms with Gasteiger partial charge in [0.25, 0.3) is 0 Å². The number of benzene rings is 1. The summed E-state index contributed by atoms with van der Waals surface area (Å²) in [4.78, 5) is 11.0. The molecular weight excluding hydrogens is 224 g/mol. The quantitative estimate of drug-likeness (QED) is 0.645. The first kappa shape index (κ1) is 11.1. The molecule has 0 bridgehead atoms. The molecule has 0 atom stereocenters. The first-order chi connectivity index (χ1) is 7.33. The van der Waals surface area contributed by atoms with Gasteiger partial charge in [-0.2, -0.15) is 0 Å². The molecule has 0 saturated heterocycles. The van der Waals surface area contributed by atoms with Crippen LogP contribution in [0.1, 0.15) is 25.0 Å². The standard InChI is InChI=1S/C12H12O3S/c1-8-5-4-6-9-11(8)12(2,3)10(7-13)16(9,14)15/h4-6H,1-3H3. The lowest BCUT2D eigenvalue weighted by molar-refractivity contribution is 0.559. The van der Waals surface area contributed by atoms with Gasteiger partial charge in [0.1, 0.15) is 10.8 Å². The molecule has 2 rings (SSSR count). The van der Waals surface area contributed by atoms with Crippen molar-refractivity contribution < 1.29 is 13.2 Å². The average Bonchev–Trinajstić information content (AvgIpc) is 2.31. The number of hydrogen-bond donors (Lipinski definition) is 0. The van der Waals surface area contributed by atoms with Gasteiger partial charge in [0, 0.05) is 5.41 Å². The Morgan fingerprint density at radius 2 is 1.88 bits per heavy atom. The highest BCUT2D eigenvalue weighted by Crippen LogP contribution is 2.47. The molecule has 1 heterocycles. The van der Waals surface area contributed by atoms with Gasteiger partial charge >= 0.3 is 0 Å². The van der Waals surface area contributed by atoms with E-state index in [1.54, 1.807) is 31.9 Å². The van der Waals surface area contributed by atoms with Crippen molar-refractivity contribution >= 4 is 15.8 Å². The van der Waals surface area contributed by atoms with E-state index in [0.717, 1.165) is 5.56 Å². The van der Waals surface area contributed by atoms with Gasteiger partial charge in [0.2, 0.25) is 9.84 Å². The van der Waals surface area contributed by atoms with Crippen LogP contribution in [-0.2, 0) is 20.0 Å². The Morgan fingerprint density at radius 3 is 2.38 bits per heavy atom. The predicted molar refractivity (Wildman–Crippen MR) is 60.6 cm³/mol. The molecule has 0 aromatic heterocycles. The fourth-order valence-corrected chi connectivity index (χ4v) is 4.45. The minimum Gasteiger partial charge on any atom is -0.232 e. The molecule has 0 aliphatic carbocycles. The van der Waals surface area contributed by atoms with E-state index in [1.807, 2.05) is 13.0 Å². The van der Waals surface area contributed by atoms with Crippen molar-refractivity contribution in [1.82, 2.24) is 0 Å². The third kappa shape index (κ3) is 1.14. The Kier molecular flexibility index (Phi) is 2.13. The molecule has 1 aliphatic rings. The van der Waals surface area contributed by atoms with Crippen LogP contribution in [0.3, 0.4) is 0 Å². The van der Waals surface area contributed by atoms with Crippen LogP contribution >= 0.6 is 0 Å². The summed E-state index contributed by atoms with van der Waals surface area (Å²) in [5, 5.41) is 0. The van der Waals surface area contributed by atoms with E-state index < -0.39 is 15.3 Å². The van der Waals surface area contributed by atoms with Gasteiger partial charge < -0.3 is 0 Å². The molecule has 84 valence electrons. The van der Waals surface area contributed by atoms with Crippen molar-refractivity contribution in [2.24, 2.45) is 0 Å². The molecule has 0 amide bonds. The number of carbonyl (C=O) groups excluding carboxylic acids is 1. The van der Waals surface area contributed by atoms with Gasteiger partial charge in [-0.05, 0) is 24.1 Å². The monoisotopic (exact) mass is 236 g/mol. The zero-order valence-electron chi connectivity index (χ0n) is 9.37. The Bertz CT molecular complexity index is 618. The SMILES string of the molecule is Cc1cccc2c1C(C)(C)C(=C=O)S2(=O)=O. The van der Waals surface area contributed by atoms with Crippen LogP contribution in [0.2, 0.25) is 0 Å². The fraction of sp³-hybridized carbons (Fsp3) is 0.333. The van der Waals surface area contributed by atoms with E-state index >= 15 is 0 Å². The average molecular weight is 236 g/mol. The molecule has 0 saturated carbocycles. The highest BCUT2D eigenvalue weighted by molar-refractivity contribution is 7.96. The van der Waals surface area contributed by atoms with Crippen LogP contribution in [0.25, 0.3) is 0 Å². The Morgan fingerprint density at radius 1 is 1.25 bits per heavy atom. The molecule has 4 heteroatoms. The Hall–Kier alpha value is -1.38. The van der Waals surface area contributed by atoms with Gasteiger partial charge in [-0.15, -0.1) is 0 Å². The van der Waals surface area contributed by atoms with Gasteiger partial charge in [-0.25, -0.2) is 13.2 Å². The Balaban J connectivity index is 3.01.